The lowest BCUT2D eigenvalue weighted by atomic mass is 10.2. The largest absolute Gasteiger partial charge is 0.351 e. The maximum Gasteiger partial charge on any atom is 0.321 e. The van der Waals surface area contributed by atoms with Gasteiger partial charge in [-0.3, -0.25) is 9.69 Å². The first-order valence-corrected chi connectivity index (χ1v) is 11.1. The van der Waals surface area contributed by atoms with E-state index in [0.717, 1.165) is 5.56 Å². The van der Waals surface area contributed by atoms with Crippen molar-refractivity contribution in [1.29, 1.82) is 0 Å². The first-order valence-electron chi connectivity index (χ1n) is 9.53. The summed E-state index contributed by atoms with van der Waals surface area (Å²) in [4.78, 5) is 28.2. The van der Waals surface area contributed by atoms with Gasteiger partial charge < -0.3 is 15.5 Å². The van der Waals surface area contributed by atoms with Crippen LogP contribution < -0.4 is 15.8 Å². The minimum atomic E-state index is -3.77. The van der Waals surface area contributed by atoms with Crippen LogP contribution in [0.1, 0.15) is 5.56 Å². The lowest BCUT2D eigenvalue weighted by Gasteiger charge is -2.34. The highest BCUT2D eigenvalue weighted by atomic mass is 32.2. The number of amides is 3. The van der Waals surface area contributed by atoms with E-state index in [4.69, 9.17) is 5.14 Å². The van der Waals surface area contributed by atoms with E-state index in [-0.39, 0.29) is 23.4 Å². The van der Waals surface area contributed by atoms with Gasteiger partial charge in [0.05, 0.1) is 11.4 Å². The molecule has 10 heteroatoms. The molecule has 1 fully saturated rings. The van der Waals surface area contributed by atoms with Crippen molar-refractivity contribution >= 4 is 27.6 Å². The number of benzene rings is 2. The number of nitrogens with zero attached hydrogens (tertiary/aromatic N) is 2. The SMILES string of the molecule is NS(=O)(=O)c1ccc(NC(=O)N2CCN(CC(=O)NCc3ccccc3)CC2)cc1. The van der Waals surface area contributed by atoms with Crippen LogP contribution in [-0.2, 0) is 21.4 Å². The number of hydrogen-bond acceptors (Lipinski definition) is 5. The number of nitrogens with two attached hydrogens (primary N) is 1. The van der Waals surface area contributed by atoms with Crippen molar-refractivity contribution in [1.82, 2.24) is 15.1 Å². The van der Waals surface area contributed by atoms with E-state index >= 15 is 0 Å². The van der Waals surface area contributed by atoms with E-state index in [2.05, 4.69) is 10.6 Å². The summed E-state index contributed by atoms with van der Waals surface area (Å²) in [5.74, 6) is -0.0494. The second kappa shape index (κ2) is 9.70. The summed E-state index contributed by atoms with van der Waals surface area (Å²) < 4.78 is 22.6. The number of piperazine rings is 1. The normalized spacial score (nSPS) is 14.9. The van der Waals surface area contributed by atoms with Gasteiger partial charge in [-0.25, -0.2) is 18.4 Å². The van der Waals surface area contributed by atoms with Crippen LogP contribution in [0.3, 0.4) is 0 Å². The molecule has 0 bridgehead atoms. The van der Waals surface area contributed by atoms with Crippen LogP contribution in [-0.4, -0.2) is 62.9 Å². The molecule has 30 heavy (non-hydrogen) atoms. The minimum Gasteiger partial charge on any atom is -0.351 e. The molecule has 0 aliphatic carbocycles. The Morgan fingerprint density at radius 2 is 1.57 bits per heavy atom. The summed E-state index contributed by atoms with van der Waals surface area (Å²) in [5.41, 5.74) is 1.53. The Labute approximate surface area is 175 Å². The van der Waals surface area contributed by atoms with Gasteiger partial charge in [0.2, 0.25) is 15.9 Å². The third kappa shape index (κ3) is 6.28. The van der Waals surface area contributed by atoms with Crippen molar-refractivity contribution in [3.8, 4) is 0 Å². The van der Waals surface area contributed by atoms with Gasteiger partial charge in [-0.1, -0.05) is 30.3 Å². The molecule has 1 aliphatic heterocycles. The highest BCUT2D eigenvalue weighted by molar-refractivity contribution is 7.89. The van der Waals surface area contributed by atoms with Gasteiger partial charge in [0.25, 0.3) is 0 Å². The van der Waals surface area contributed by atoms with Crippen LogP contribution in [0, 0.1) is 0 Å². The number of sulfonamides is 1. The Morgan fingerprint density at radius 3 is 2.17 bits per heavy atom. The van der Waals surface area contributed by atoms with Gasteiger partial charge in [0.1, 0.15) is 0 Å². The number of primary sulfonamides is 1. The Balaban J connectivity index is 1.41. The van der Waals surface area contributed by atoms with E-state index in [1.54, 1.807) is 4.90 Å². The van der Waals surface area contributed by atoms with Crippen LogP contribution in [0.15, 0.2) is 59.5 Å². The molecule has 4 N–H and O–H groups in total. The molecule has 2 aromatic rings. The van der Waals surface area contributed by atoms with Gasteiger partial charge in [0.15, 0.2) is 0 Å². The predicted molar refractivity (Wildman–Crippen MR) is 113 cm³/mol. The van der Waals surface area contributed by atoms with E-state index in [0.29, 0.717) is 38.4 Å². The average Bonchev–Trinajstić information content (AvgIpc) is 2.73. The number of carbonyl (C=O) groups is 2. The fourth-order valence-corrected chi connectivity index (χ4v) is 3.61. The molecular formula is C20H25N5O4S. The number of carbonyl (C=O) groups excluding carboxylic acids is 2. The maximum atomic E-state index is 12.4. The highest BCUT2D eigenvalue weighted by Gasteiger charge is 2.22. The van der Waals surface area contributed by atoms with Gasteiger partial charge in [0, 0.05) is 38.4 Å². The van der Waals surface area contributed by atoms with Crippen LogP contribution >= 0.6 is 0 Å². The molecule has 0 aromatic heterocycles. The minimum absolute atomic E-state index is 0.0142. The zero-order valence-electron chi connectivity index (χ0n) is 16.5. The molecule has 0 unspecified atom stereocenters. The van der Waals surface area contributed by atoms with Crippen molar-refractivity contribution in [2.75, 3.05) is 38.0 Å². The smallest absolute Gasteiger partial charge is 0.321 e. The van der Waals surface area contributed by atoms with E-state index in [9.17, 15) is 18.0 Å². The third-order valence-electron chi connectivity index (χ3n) is 4.79. The molecule has 160 valence electrons. The van der Waals surface area contributed by atoms with Crippen molar-refractivity contribution in [2.45, 2.75) is 11.4 Å². The van der Waals surface area contributed by atoms with Gasteiger partial charge >= 0.3 is 6.03 Å². The number of anilines is 1. The third-order valence-corrected chi connectivity index (χ3v) is 5.72. The van der Waals surface area contributed by atoms with Gasteiger partial charge in [-0.2, -0.15) is 0 Å². The quantitative estimate of drug-likeness (QED) is 0.624. The molecular weight excluding hydrogens is 406 g/mol. The summed E-state index contributed by atoms with van der Waals surface area (Å²) in [6, 6.07) is 15.1. The molecule has 2 aromatic carbocycles. The summed E-state index contributed by atoms with van der Waals surface area (Å²) in [6.07, 6.45) is 0. The summed E-state index contributed by atoms with van der Waals surface area (Å²) in [7, 11) is -3.77. The van der Waals surface area contributed by atoms with Crippen molar-refractivity contribution in [3.05, 3.63) is 60.2 Å². The fourth-order valence-electron chi connectivity index (χ4n) is 3.10. The van der Waals surface area contributed by atoms with Crippen LogP contribution in [0.2, 0.25) is 0 Å². The predicted octanol–water partition coefficient (Wildman–Crippen LogP) is 0.800. The molecule has 0 radical (unpaired) electrons. The second-order valence-electron chi connectivity index (χ2n) is 7.03. The molecule has 1 heterocycles. The molecule has 0 atom stereocenters. The summed E-state index contributed by atoms with van der Waals surface area (Å²) in [6.45, 7) is 2.96. The first kappa shape index (κ1) is 21.8. The topological polar surface area (TPSA) is 125 Å². The molecule has 3 amide bonds. The molecule has 9 nitrogen and oxygen atoms in total. The second-order valence-corrected chi connectivity index (χ2v) is 8.59. The molecule has 3 rings (SSSR count). The summed E-state index contributed by atoms with van der Waals surface area (Å²) in [5, 5.41) is 10.7. The number of rotatable bonds is 6. The standard InChI is InChI=1S/C20H25N5O4S/c21-30(28,29)18-8-6-17(7-9-18)23-20(27)25-12-10-24(11-13-25)15-19(26)22-14-16-4-2-1-3-5-16/h1-9H,10-15H2,(H,22,26)(H,23,27)(H2,21,28,29). The number of hydrogen-bond donors (Lipinski definition) is 3. The average molecular weight is 432 g/mol. The lowest BCUT2D eigenvalue weighted by molar-refractivity contribution is -0.122. The van der Waals surface area contributed by atoms with Crippen LogP contribution in [0.4, 0.5) is 10.5 Å². The Morgan fingerprint density at radius 1 is 0.933 bits per heavy atom. The zero-order chi connectivity index (χ0) is 21.6. The summed E-state index contributed by atoms with van der Waals surface area (Å²) >= 11 is 0. The maximum absolute atomic E-state index is 12.4. The van der Waals surface area contributed by atoms with Crippen molar-refractivity contribution in [2.24, 2.45) is 5.14 Å². The molecule has 0 spiro atoms. The monoisotopic (exact) mass is 431 g/mol. The molecule has 1 saturated heterocycles. The highest BCUT2D eigenvalue weighted by Crippen LogP contribution is 2.14. The molecule has 0 saturated carbocycles. The van der Waals surface area contributed by atoms with Crippen LogP contribution in [0.25, 0.3) is 0 Å². The first-order chi connectivity index (χ1) is 14.3. The van der Waals surface area contributed by atoms with Crippen molar-refractivity contribution < 1.29 is 18.0 Å². The number of nitrogens with one attached hydrogen (secondary N) is 2. The molecule has 1 aliphatic rings. The van der Waals surface area contributed by atoms with Gasteiger partial charge in [-0.05, 0) is 29.8 Å². The van der Waals surface area contributed by atoms with E-state index in [1.165, 1.54) is 24.3 Å². The van der Waals surface area contributed by atoms with E-state index < -0.39 is 10.0 Å². The Kier molecular flexibility index (Phi) is 7.03. The van der Waals surface area contributed by atoms with E-state index in [1.807, 2.05) is 35.2 Å². The van der Waals surface area contributed by atoms with Crippen molar-refractivity contribution in [3.63, 3.8) is 0 Å². The fraction of sp³-hybridized carbons (Fsp3) is 0.300. The number of urea groups is 1. The van der Waals surface area contributed by atoms with Gasteiger partial charge in [-0.15, -0.1) is 0 Å². The Hall–Kier alpha value is -2.95. The Bertz CT molecular complexity index is 972. The lowest BCUT2D eigenvalue weighted by Crippen LogP contribution is -2.52. The van der Waals surface area contributed by atoms with Crippen LogP contribution in [0.5, 0.6) is 0 Å². The zero-order valence-corrected chi connectivity index (χ0v) is 17.3.